The van der Waals surface area contributed by atoms with Crippen molar-refractivity contribution in [3.8, 4) is 23.0 Å². The Kier molecular flexibility index (Phi) is 14.4. The first-order valence-corrected chi connectivity index (χ1v) is 22.4. The van der Waals surface area contributed by atoms with E-state index in [1.54, 1.807) is 73.1 Å². The molecule has 0 aliphatic carbocycles. The Hall–Kier alpha value is -8.00. The number of nitrogens with one attached hydrogen (secondary N) is 2. The van der Waals surface area contributed by atoms with Crippen LogP contribution < -0.4 is 29.9 Å². The highest BCUT2D eigenvalue weighted by Gasteiger charge is 2.31. The Bertz CT molecular complexity index is 3250. The van der Waals surface area contributed by atoms with Gasteiger partial charge in [-0.25, -0.2) is 18.7 Å². The van der Waals surface area contributed by atoms with Gasteiger partial charge in [-0.15, -0.1) is 0 Å². The molecule has 0 spiro atoms. The Morgan fingerprint density at radius 1 is 0.549 bits per heavy atom. The van der Waals surface area contributed by atoms with Crippen LogP contribution >= 0.6 is 11.6 Å². The monoisotopic (exact) mass is 990 g/mol. The van der Waals surface area contributed by atoms with Crippen molar-refractivity contribution in [2.45, 2.75) is 6.18 Å². The molecule has 4 heterocycles. The summed E-state index contributed by atoms with van der Waals surface area (Å²) in [6.45, 7) is 5.43. The van der Waals surface area contributed by atoms with Crippen LogP contribution in [0.3, 0.4) is 0 Å². The van der Waals surface area contributed by atoms with Crippen molar-refractivity contribution in [1.29, 1.82) is 0 Å². The summed E-state index contributed by atoms with van der Waals surface area (Å²) >= 11 is 5.95. The molecule has 10 rings (SSSR count). The maximum absolute atomic E-state index is 14.3. The molecule has 0 atom stereocenters. The lowest BCUT2D eigenvalue weighted by molar-refractivity contribution is -0.137. The summed E-state index contributed by atoms with van der Waals surface area (Å²) in [6, 6.07) is 28.3. The van der Waals surface area contributed by atoms with Crippen LogP contribution in [-0.4, -0.2) is 84.4 Å². The molecule has 0 unspecified atom stereocenters. The number of ether oxygens (including phenoxy) is 4. The molecule has 2 aliphatic heterocycles. The Morgan fingerprint density at radius 3 is 1.48 bits per heavy atom. The number of nitrogens with zero attached hydrogens (tertiary/aromatic N) is 6. The fourth-order valence-electron chi connectivity index (χ4n) is 7.51. The first kappa shape index (κ1) is 48.0. The van der Waals surface area contributed by atoms with E-state index in [0.717, 1.165) is 54.8 Å². The number of alkyl halides is 3. The third-order valence-corrected chi connectivity index (χ3v) is 11.2. The minimum atomic E-state index is -4.59. The second-order valence-corrected chi connectivity index (χ2v) is 16.4. The average molecular weight is 991 g/mol. The second kappa shape index (κ2) is 21.3. The maximum atomic E-state index is 14.3. The number of fused-ring (bicyclic) bond motifs is 2. The Morgan fingerprint density at radius 2 is 1.01 bits per heavy atom. The summed E-state index contributed by atoms with van der Waals surface area (Å²) in [5, 5.41) is 5.52. The van der Waals surface area contributed by atoms with Crippen LogP contribution in [0.2, 0.25) is 5.02 Å². The quantitative estimate of drug-likeness (QED) is 0.125. The summed E-state index contributed by atoms with van der Waals surface area (Å²) in [5.74, 6) is 0.147. The normalized spacial score (nSPS) is 13.8. The SMILES string of the molecule is O=C(Nc1cc(F)cc(Oc2ccc3ncc(N4CCOCC4)nc3c2)c1)c1cccc(C(F)(F)F)c1.O=C(Nc1cc(F)cc(Oc2ccc3ncc(N4CCOCC4)nc3c2)c1)c1cccc(Cl)c1. The van der Waals surface area contributed by atoms with Crippen LogP contribution in [0.4, 0.5) is 45.0 Å². The summed E-state index contributed by atoms with van der Waals surface area (Å²) in [5.41, 5.74) is 2.08. The number of benzene rings is 6. The van der Waals surface area contributed by atoms with E-state index in [0.29, 0.717) is 84.0 Å². The van der Waals surface area contributed by atoms with Crippen LogP contribution in [0.1, 0.15) is 26.3 Å². The van der Waals surface area contributed by atoms with Crippen molar-refractivity contribution >= 4 is 68.5 Å². The lowest BCUT2D eigenvalue weighted by Crippen LogP contribution is -2.36. The zero-order valence-electron chi connectivity index (χ0n) is 37.3. The lowest BCUT2D eigenvalue weighted by atomic mass is 10.1. The van der Waals surface area contributed by atoms with E-state index in [9.17, 15) is 31.5 Å². The summed E-state index contributed by atoms with van der Waals surface area (Å²) in [4.78, 5) is 47.5. The molecule has 71 heavy (non-hydrogen) atoms. The summed E-state index contributed by atoms with van der Waals surface area (Å²) in [7, 11) is 0. The molecule has 362 valence electrons. The molecule has 2 aliphatic rings. The smallest absolute Gasteiger partial charge is 0.416 e. The van der Waals surface area contributed by atoms with Crippen molar-refractivity contribution in [1.82, 2.24) is 19.9 Å². The standard InChI is InChI=1S/C26H20F4N4O3.C25H20ClFN4O3/c27-18-11-19(32-25(35)16-2-1-3-17(10-16)26(28,29)30)13-21(12-18)37-20-4-5-22-23(14-20)33-24(15-31-22)34-6-8-36-9-7-34;26-17-3-1-2-16(10-17)25(32)29-19-11-18(27)12-21(13-19)34-20-4-5-22-23(14-20)30-24(15-28-22)31-6-8-33-9-7-31/h1-5,10-15H,6-9H2,(H,32,35);1-5,10-15H,6-9H2,(H,29,32). The average Bonchev–Trinajstić information content (AvgIpc) is 3.36. The van der Waals surface area contributed by atoms with Gasteiger partial charge in [-0.2, -0.15) is 13.2 Å². The van der Waals surface area contributed by atoms with Gasteiger partial charge in [0.05, 0.1) is 66.5 Å². The van der Waals surface area contributed by atoms with Gasteiger partial charge in [0.15, 0.2) is 0 Å². The van der Waals surface area contributed by atoms with Crippen molar-refractivity contribution in [3.63, 3.8) is 0 Å². The molecule has 2 fully saturated rings. The van der Waals surface area contributed by atoms with Crippen LogP contribution in [0.25, 0.3) is 22.1 Å². The molecule has 14 nitrogen and oxygen atoms in total. The predicted molar refractivity (Wildman–Crippen MR) is 257 cm³/mol. The molecule has 2 saturated heterocycles. The number of rotatable bonds is 10. The molecule has 6 aromatic carbocycles. The molecule has 8 aromatic rings. The lowest BCUT2D eigenvalue weighted by Gasteiger charge is -2.27. The van der Waals surface area contributed by atoms with E-state index in [1.165, 1.54) is 30.3 Å². The van der Waals surface area contributed by atoms with E-state index in [-0.39, 0.29) is 28.4 Å². The van der Waals surface area contributed by atoms with E-state index in [4.69, 9.17) is 35.5 Å². The fraction of sp³-hybridized carbons (Fsp3) is 0.176. The van der Waals surface area contributed by atoms with Crippen LogP contribution in [0.15, 0.2) is 134 Å². The number of hydrogen-bond acceptors (Lipinski definition) is 12. The highest BCUT2D eigenvalue weighted by Crippen LogP contribution is 2.32. The third kappa shape index (κ3) is 12.4. The first-order chi connectivity index (χ1) is 34.3. The first-order valence-electron chi connectivity index (χ1n) is 22.0. The summed E-state index contributed by atoms with van der Waals surface area (Å²) < 4.78 is 89.9. The van der Waals surface area contributed by atoms with Gasteiger partial charge in [0.25, 0.3) is 11.8 Å². The fourth-order valence-corrected chi connectivity index (χ4v) is 7.70. The molecule has 2 N–H and O–H groups in total. The number of amides is 2. The predicted octanol–water partition coefficient (Wildman–Crippen LogP) is 11.0. The highest BCUT2D eigenvalue weighted by atomic mass is 35.5. The largest absolute Gasteiger partial charge is 0.457 e. The van der Waals surface area contributed by atoms with Gasteiger partial charge in [-0.05, 0) is 72.8 Å². The Balaban J connectivity index is 0.000000176. The number of anilines is 4. The van der Waals surface area contributed by atoms with Crippen LogP contribution in [0, 0.1) is 11.6 Å². The third-order valence-electron chi connectivity index (χ3n) is 10.9. The minimum absolute atomic E-state index is 0.0209. The van der Waals surface area contributed by atoms with Gasteiger partial charge in [0.2, 0.25) is 0 Å². The molecule has 0 saturated carbocycles. The molecule has 2 aromatic heterocycles. The van der Waals surface area contributed by atoms with E-state index >= 15 is 0 Å². The van der Waals surface area contributed by atoms with Gasteiger partial charge >= 0.3 is 6.18 Å². The van der Waals surface area contributed by atoms with Crippen molar-refractivity contribution in [2.75, 3.05) is 73.0 Å². The van der Waals surface area contributed by atoms with Crippen molar-refractivity contribution < 1.29 is 50.5 Å². The minimum Gasteiger partial charge on any atom is -0.457 e. The highest BCUT2D eigenvalue weighted by molar-refractivity contribution is 6.31. The molecular weight excluding hydrogens is 951 g/mol. The number of carbonyl (C=O) groups is 2. The number of hydrogen-bond donors (Lipinski definition) is 2. The van der Waals surface area contributed by atoms with E-state index in [2.05, 4.69) is 35.4 Å². The second-order valence-electron chi connectivity index (χ2n) is 16.0. The van der Waals surface area contributed by atoms with Crippen LogP contribution in [-0.2, 0) is 15.7 Å². The van der Waals surface area contributed by atoms with E-state index in [1.807, 2.05) is 0 Å². The zero-order chi connectivity index (χ0) is 49.5. The van der Waals surface area contributed by atoms with Gasteiger partial charge in [-0.1, -0.05) is 23.7 Å². The zero-order valence-corrected chi connectivity index (χ0v) is 38.0. The van der Waals surface area contributed by atoms with Gasteiger partial charge in [0.1, 0.15) is 46.3 Å². The molecule has 0 radical (unpaired) electrons. The van der Waals surface area contributed by atoms with Crippen molar-refractivity contribution in [2.24, 2.45) is 0 Å². The van der Waals surface area contributed by atoms with Gasteiger partial charge in [-0.3, -0.25) is 19.6 Å². The summed E-state index contributed by atoms with van der Waals surface area (Å²) in [6.07, 6.45) is -1.15. The topological polar surface area (TPSA) is 153 Å². The van der Waals surface area contributed by atoms with Gasteiger partial charge in [0, 0.05) is 90.1 Å². The number of morpholine rings is 2. The molecule has 20 heteroatoms. The Labute approximate surface area is 406 Å². The number of halogens is 6. The van der Waals surface area contributed by atoms with E-state index < -0.39 is 35.2 Å². The van der Waals surface area contributed by atoms with Gasteiger partial charge < -0.3 is 39.4 Å². The maximum Gasteiger partial charge on any atom is 0.416 e. The molecule has 0 bridgehead atoms. The van der Waals surface area contributed by atoms with Crippen LogP contribution in [0.5, 0.6) is 23.0 Å². The number of carbonyl (C=O) groups excluding carboxylic acids is 2. The van der Waals surface area contributed by atoms with Crippen molar-refractivity contribution in [3.05, 3.63) is 167 Å². The number of aromatic nitrogens is 4. The molecular formula is C51H40ClF5N8O6. The molecule has 2 amide bonds.